The van der Waals surface area contributed by atoms with Gasteiger partial charge in [-0.1, -0.05) is 78.7 Å². The van der Waals surface area contributed by atoms with Crippen LogP contribution in [0, 0.1) is 0 Å². The van der Waals surface area contributed by atoms with Crippen molar-refractivity contribution in [2.45, 2.75) is 0 Å². The van der Waals surface area contributed by atoms with Crippen LogP contribution in [0.1, 0.15) is 6.85 Å². The summed E-state index contributed by atoms with van der Waals surface area (Å²) in [5, 5.41) is 3.29. The van der Waals surface area contributed by atoms with Crippen molar-refractivity contribution < 1.29 is 6.85 Å². The third-order valence-electron chi connectivity index (χ3n) is 5.05. The first kappa shape index (κ1) is 10.5. The molecule has 6 aromatic rings. The Balaban J connectivity index is 1.74. The van der Waals surface area contributed by atoms with E-state index in [-0.39, 0.29) is 29.7 Å². The topological polar surface area (TPSA) is 17.3 Å². The van der Waals surface area contributed by atoms with Gasteiger partial charge in [-0.2, -0.15) is 0 Å². The van der Waals surface area contributed by atoms with E-state index in [1.54, 1.807) is 12.1 Å². The molecule has 0 aliphatic carbocycles. The molecule has 0 amide bonds. The lowest BCUT2D eigenvalue weighted by molar-refractivity contribution is 1.31. The SMILES string of the molecule is [2H]c1c([2H])c([2H])c(-c2ccc3c(c2)nc2c4ccccc4c4ccccc4n32)c([2H])c1[2H]. The fourth-order valence-corrected chi connectivity index (χ4v) is 3.86. The second-order valence-electron chi connectivity index (χ2n) is 6.54. The summed E-state index contributed by atoms with van der Waals surface area (Å²) >= 11 is 0. The summed E-state index contributed by atoms with van der Waals surface area (Å²) in [7, 11) is 0. The van der Waals surface area contributed by atoms with Crippen molar-refractivity contribution in [1.82, 2.24) is 9.38 Å². The highest BCUT2D eigenvalue weighted by atomic mass is 15.0. The number of nitrogens with zero attached hydrogens (tertiary/aromatic N) is 2. The molecule has 0 saturated heterocycles. The van der Waals surface area contributed by atoms with Crippen LogP contribution in [0.4, 0.5) is 0 Å². The van der Waals surface area contributed by atoms with E-state index in [0.29, 0.717) is 11.1 Å². The van der Waals surface area contributed by atoms with Crippen LogP contribution in [0.3, 0.4) is 0 Å². The zero-order valence-corrected chi connectivity index (χ0v) is 14.2. The Labute approximate surface area is 163 Å². The van der Waals surface area contributed by atoms with E-state index >= 15 is 0 Å². The van der Waals surface area contributed by atoms with Gasteiger partial charge in [0, 0.05) is 10.8 Å². The maximum atomic E-state index is 8.31. The van der Waals surface area contributed by atoms with Gasteiger partial charge < -0.3 is 0 Å². The van der Waals surface area contributed by atoms with Gasteiger partial charge in [-0.15, -0.1) is 0 Å². The third kappa shape index (κ3) is 2.04. The van der Waals surface area contributed by atoms with E-state index in [0.717, 1.165) is 32.8 Å². The molecule has 2 aromatic heterocycles. The quantitative estimate of drug-likeness (QED) is 0.311. The number of hydrogen-bond acceptors (Lipinski definition) is 1. The van der Waals surface area contributed by atoms with Crippen LogP contribution < -0.4 is 0 Å². The molecule has 2 heterocycles. The number of aromatic nitrogens is 2. The van der Waals surface area contributed by atoms with Crippen molar-refractivity contribution in [2.24, 2.45) is 0 Å². The minimum Gasteiger partial charge on any atom is -0.292 e. The monoisotopic (exact) mass is 349 g/mol. The Kier molecular flexibility index (Phi) is 2.11. The maximum Gasteiger partial charge on any atom is 0.146 e. The fourth-order valence-electron chi connectivity index (χ4n) is 3.86. The normalized spacial score (nSPS) is 14.3. The maximum absolute atomic E-state index is 8.31. The van der Waals surface area contributed by atoms with Gasteiger partial charge in [0.2, 0.25) is 0 Å². The van der Waals surface area contributed by atoms with Crippen LogP contribution in [0.5, 0.6) is 0 Å². The fraction of sp³-hybridized carbons (Fsp3) is 0. The van der Waals surface area contributed by atoms with E-state index < -0.39 is 6.04 Å². The van der Waals surface area contributed by atoms with Gasteiger partial charge in [-0.25, -0.2) is 4.98 Å². The first-order chi connectivity index (χ1) is 15.5. The standard InChI is InChI=1S/C25H16N2/c1-2-8-17(9-3-1)18-14-15-24-22(16-18)26-25-21-12-5-4-10-19(21)20-11-6-7-13-23(20)27(24)25/h1-16H/i1D,2D,3D,8D,9D. The molecule has 126 valence electrons. The zero-order chi connectivity index (χ0) is 22.1. The van der Waals surface area contributed by atoms with Crippen LogP contribution in [0.25, 0.3) is 49.5 Å². The first-order valence-corrected chi connectivity index (χ1v) is 8.76. The molecular formula is C25H16N2. The Morgan fingerprint density at radius 3 is 2.26 bits per heavy atom. The molecule has 0 bridgehead atoms. The molecule has 0 aliphatic heterocycles. The highest BCUT2D eigenvalue weighted by Crippen LogP contribution is 2.33. The number of hydrogen-bond donors (Lipinski definition) is 0. The molecule has 0 radical (unpaired) electrons. The summed E-state index contributed by atoms with van der Waals surface area (Å²) < 4.78 is 42.6. The van der Waals surface area contributed by atoms with Crippen molar-refractivity contribution in [3.8, 4) is 11.1 Å². The Bertz CT molecular complexity index is 1710. The number of fused-ring (bicyclic) bond motifs is 8. The van der Waals surface area contributed by atoms with Crippen LogP contribution in [0.2, 0.25) is 0 Å². The van der Waals surface area contributed by atoms with Gasteiger partial charge in [-0.05, 0) is 34.7 Å². The summed E-state index contributed by atoms with van der Waals surface area (Å²) in [6.07, 6.45) is 0. The highest BCUT2D eigenvalue weighted by molar-refractivity contribution is 6.13. The van der Waals surface area contributed by atoms with E-state index in [1.165, 1.54) is 0 Å². The molecule has 0 saturated carbocycles. The van der Waals surface area contributed by atoms with Crippen molar-refractivity contribution in [3.63, 3.8) is 0 Å². The van der Waals surface area contributed by atoms with Crippen LogP contribution in [-0.4, -0.2) is 9.38 Å². The first-order valence-electron chi connectivity index (χ1n) is 11.3. The van der Waals surface area contributed by atoms with Crippen molar-refractivity contribution in [1.29, 1.82) is 0 Å². The molecule has 6 rings (SSSR count). The van der Waals surface area contributed by atoms with Gasteiger partial charge in [0.25, 0.3) is 0 Å². The summed E-state index contributed by atoms with van der Waals surface area (Å²) in [5.74, 6) is 0. The average Bonchev–Trinajstić information content (AvgIpc) is 3.21. The van der Waals surface area contributed by atoms with Crippen molar-refractivity contribution in [3.05, 3.63) is 96.9 Å². The lowest BCUT2D eigenvalue weighted by Gasteiger charge is -2.08. The van der Waals surface area contributed by atoms with Crippen molar-refractivity contribution in [2.75, 3.05) is 0 Å². The van der Waals surface area contributed by atoms with Crippen LogP contribution in [0.15, 0.2) is 96.9 Å². The number of benzene rings is 4. The molecule has 0 fully saturated rings. The number of rotatable bonds is 1. The molecule has 0 unspecified atom stereocenters. The Morgan fingerprint density at radius 2 is 1.41 bits per heavy atom. The van der Waals surface area contributed by atoms with Crippen molar-refractivity contribution >= 4 is 38.4 Å². The predicted molar refractivity (Wildman–Crippen MR) is 113 cm³/mol. The van der Waals surface area contributed by atoms with Gasteiger partial charge in [0.05, 0.1) is 23.4 Å². The summed E-state index contributed by atoms with van der Waals surface area (Å²) in [4.78, 5) is 4.91. The van der Waals surface area contributed by atoms with Gasteiger partial charge in [0.15, 0.2) is 0 Å². The van der Waals surface area contributed by atoms with Crippen LogP contribution >= 0.6 is 0 Å². The molecule has 2 heteroatoms. The van der Waals surface area contributed by atoms with Gasteiger partial charge >= 0.3 is 0 Å². The zero-order valence-electron chi connectivity index (χ0n) is 19.2. The van der Waals surface area contributed by atoms with E-state index in [1.807, 2.05) is 30.3 Å². The van der Waals surface area contributed by atoms with E-state index in [9.17, 15) is 0 Å². The molecule has 0 spiro atoms. The summed E-state index contributed by atoms with van der Waals surface area (Å²) in [6, 6.07) is 20.4. The smallest absolute Gasteiger partial charge is 0.146 e. The molecule has 2 nitrogen and oxygen atoms in total. The lowest BCUT2D eigenvalue weighted by Crippen LogP contribution is -1.90. The number of imidazole rings is 1. The molecule has 0 atom stereocenters. The average molecular weight is 349 g/mol. The third-order valence-corrected chi connectivity index (χ3v) is 5.05. The molecule has 0 N–H and O–H groups in total. The van der Waals surface area contributed by atoms with E-state index in [4.69, 9.17) is 11.8 Å². The minimum atomic E-state index is -0.393. The number of pyridine rings is 1. The summed E-state index contributed by atoms with van der Waals surface area (Å²) in [5.41, 5.74) is 4.21. The Hall–Kier alpha value is -3.65. The highest BCUT2D eigenvalue weighted by Gasteiger charge is 2.13. The second kappa shape index (κ2) is 5.42. The lowest BCUT2D eigenvalue weighted by atomic mass is 10.1. The Morgan fingerprint density at radius 1 is 0.667 bits per heavy atom. The molecule has 0 aliphatic rings. The van der Waals surface area contributed by atoms with Gasteiger partial charge in [0.1, 0.15) is 5.65 Å². The largest absolute Gasteiger partial charge is 0.292 e. The minimum absolute atomic E-state index is 0.185. The van der Waals surface area contributed by atoms with Crippen LogP contribution in [-0.2, 0) is 0 Å². The van der Waals surface area contributed by atoms with Gasteiger partial charge in [-0.3, -0.25) is 4.40 Å². The molecule has 4 aromatic carbocycles. The molecule has 27 heavy (non-hydrogen) atoms. The summed E-state index contributed by atoms with van der Waals surface area (Å²) in [6.45, 7) is 0. The predicted octanol–water partition coefficient (Wildman–Crippen LogP) is 6.46. The molecular weight excluding hydrogens is 328 g/mol. The second-order valence-corrected chi connectivity index (χ2v) is 6.54. The van der Waals surface area contributed by atoms with E-state index in [2.05, 4.69) is 28.7 Å². The number of para-hydroxylation sites is 1.